The third-order valence-corrected chi connectivity index (χ3v) is 6.81. The summed E-state index contributed by atoms with van der Waals surface area (Å²) < 4.78 is 0. The van der Waals surface area contributed by atoms with Gasteiger partial charge < -0.3 is 15.1 Å². The first-order valence-corrected chi connectivity index (χ1v) is 11.0. The van der Waals surface area contributed by atoms with Crippen molar-refractivity contribution in [1.82, 2.24) is 9.88 Å². The first-order chi connectivity index (χ1) is 14.1. The minimum atomic E-state index is -0.579. The van der Waals surface area contributed by atoms with Gasteiger partial charge >= 0.3 is 0 Å². The fourth-order valence-corrected chi connectivity index (χ4v) is 4.93. The van der Waals surface area contributed by atoms with E-state index in [1.54, 1.807) is 16.8 Å². The Balaban J connectivity index is 1.51. The number of benzene rings is 1. The van der Waals surface area contributed by atoms with Gasteiger partial charge in [-0.25, -0.2) is 4.98 Å². The number of carbonyl (C=O) groups is 3. The molecule has 0 bridgehead atoms. The van der Waals surface area contributed by atoms with E-state index >= 15 is 0 Å². The molecule has 0 spiro atoms. The van der Waals surface area contributed by atoms with Gasteiger partial charge in [0.25, 0.3) is 0 Å². The van der Waals surface area contributed by atoms with Gasteiger partial charge in [-0.2, -0.15) is 0 Å². The molecule has 7 nitrogen and oxygen atoms in total. The molecule has 3 heterocycles. The van der Waals surface area contributed by atoms with Crippen molar-refractivity contribution in [3.63, 3.8) is 0 Å². The van der Waals surface area contributed by atoms with Gasteiger partial charge in [-0.15, -0.1) is 11.3 Å². The molecule has 30 heavy (non-hydrogen) atoms. The van der Waals surface area contributed by atoms with Gasteiger partial charge in [0.1, 0.15) is 0 Å². The highest BCUT2D eigenvalue weighted by atomic mass is 32.1. The van der Waals surface area contributed by atoms with Crippen molar-refractivity contribution in [3.8, 4) is 11.3 Å². The number of rotatable bonds is 4. The summed E-state index contributed by atoms with van der Waals surface area (Å²) in [5.41, 5.74) is 2.97. The van der Waals surface area contributed by atoms with Crippen LogP contribution in [-0.2, 0) is 19.8 Å². The van der Waals surface area contributed by atoms with Crippen molar-refractivity contribution in [1.29, 1.82) is 0 Å². The summed E-state index contributed by atoms with van der Waals surface area (Å²) in [6.45, 7) is 8.21. The number of carbonyl (C=O) groups excluding carboxylic acids is 3. The van der Waals surface area contributed by atoms with E-state index in [0.29, 0.717) is 11.7 Å². The molecule has 1 unspecified atom stereocenters. The van der Waals surface area contributed by atoms with Crippen LogP contribution in [0.15, 0.2) is 23.6 Å². The van der Waals surface area contributed by atoms with Crippen LogP contribution >= 0.6 is 11.3 Å². The summed E-state index contributed by atoms with van der Waals surface area (Å²) >= 11 is 1.35. The lowest BCUT2D eigenvalue weighted by atomic mass is 9.85. The average Bonchev–Trinajstić information content (AvgIpc) is 3.36. The highest BCUT2D eigenvalue weighted by Crippen LogP contribution is 2.42. The number of fused-ring (bicyclic) bond motifs is 1. The van der Waals surface area contributed by atoms with Crippen LogP contribution in [0.5, 0.6) is 0 Å². The molecular weight excluding hydrogens is 400 g/mol. The zero-order valence-corrected chi connectivity index (χ0v) is 18.7. The van der Waals surface area contributed by atoms with Gasteiger partial charge in [0.15, 0.2) is 5.13 Å². The Kier molecular flexibility index (Phi) is 4.92. The van der Waals surface area contributed by atoms with Crippen molar-refractivity contribution in [2.24, 2.45) is 5.92 Å². The molecule has 4 rings (SSSR count). The number of anilines is 2. The Labute approximate surface area is 180 Å². The largest absolute Gasteiger partial charge is 0.339 e. The molecule has 2 aliphatic rings. The van der Waals surface area contributed by atoms with Gasteiger partial charge in [-0.1, -0.05) is 6.07 Å². The van der Waals surface area contributed by atoms with E-state index in [2.05, 4.69) is 10.3 Å². The van der Waals surface area contributed by atoms with E-state index in [1.165, 1.54) is 11.3 Å². The van der Waals surface area contributed by atoms with Crippen LogP contribution in [0.1, 0.15) is 39.7 Å². The molecule has 2 aromatic rings. The number of nitrogens with zero attached hydrogens (tertiary/aromatic N) is 3. The number of aromatic nitrogens is 1. The Bertz CT molecular complexity index is 1040. The van der Waals surface area contributed by atoms with Crippen molar-refractivity contribution < 1.29 is 14.4 Å². The third-order valence-electron chi connectivity index (χ3n) is 6.05. The molecule has 3 amide bonds. The standard InChI is InChI=1S/C22H26N4O3S/c1-12(2)26-10-14(9-18(26)27)19(28)24-21-23-16(11-30-21)13-6-7-17-15(8-13)22(3,4)20(29)25(17)5/h6-8,11-12,14H,9-10H2,1-5H3,(H,23,24,28). The maximum atomic E-state index is 12.6. The summed E-state index contributed by atoms with van der Waals surface area (Å²) in [5, 5.41) is 5.27. The van der Waals surface area contributed by atoms with E-state index in [-0.39, 0.29) is 36.1 Å². The smallest absolute Gasteiger partial charge is 0.236 e. The van der Waals surface area contributed by atoms with E-state index in [0.717, 1.165) is 22.5 Å². The highest BCUT2D eigenvalue weighted by molar-refractivity contribution is 7.14. The fourth-order valence-electron chi connectivity index (χ4n) is 4.21. The first-order valence-electron chi connectivity index (χ1n) is 10.1. The second-order valence-electron chi connectivity index (χ2n) is 8.79. The normalized spacial score (nSPS) is 20.3. The zero-order chi connectivity index (χ0) is 21.8. The molecular formula is C22H26N4O3S. The quantitative estimate of drug-likeness (QED) is 0.814. The summed E-state index contributed by atoms with van der Waals surface area (Å²) in [5.74, 6) is -0.433. The molecule has 2 aliphatic heterocycles. The number of nitrogens with one attached hydrogen (secondary N) is 1. The minimum absolute atomic E-state index is 0.0187. The highest BCUT2D eigenvalue weighted by Gasteiger charge is 2.42. The second kappa shape index (κ2) is 7.19. The maximum absolute atomic E-state index is 12.6. The molecule has 0 aliphatic carbocycles. The van der Waals surface area contributed by atoms with Crippen LogP contribution in [0.3, 0.4) is 0 Å². The van der Waals surface area contributed by atoms with E-state index < -0.39 is 5.41 Å². The third kappa shape index (κ3) is 3.29. The number of amides is 3. The van der Waals surface area contributed by atoms with Crippen LogP contribution in [-0.4, -0.2) is 47.2 Å². The molecule has 1 saturated heterocycles. The summed E-state index contributed by atoms with van der Waals surface area (Å²) in [6, 6.07) is 5.99. The Morgan fingerprint density at radius 3 is 2.70 bits per heavy atom. The van der Waals surface area contributed by atoms with Crippen molar-refractivity contribution in [2.45, 2.75) is 45.6 Å². The summed E-state index contributed by atoms with van der Waals surface area (Å²) in [4.78, 5) is 45.2. The van der Waals surface area contributed by atoms with Crippen LogP contribution < -0.4 is 10.2 Å². The number of likely N-dealkylation sites (N-methyl/N-ethyl adjacent to an activating group) is 1. The Hall–Kier alpha value is -2.74. The minimum Gasteiger partial charge on any atom is -0.339 e. The van der Waals surface area contributed by atoms with Crippen LogP contribution in [0.25, 0.3) is 11.3 Å². The van der Waals surface area contributed by atoms with Crippen LogP contribution in [0.4, 0.5) is 10.8 Å². The molecule has 1 atom stereocenters. The molecule has 8 heteroatoms. The monoisotopic (exact) mass is 426 g/mol. The average molecular weight is 427 g/mol. The van der Waals surface area contributed by atoms with E-state index in [9.17, 15) is 14.4 Å². The Morgan fingerprint density at radius 1 is 1.30 bits per heavy atom. The predicted molar refractivity (Wildman–Crippen MR) is 118 cm³/mol. The fraction of sp³-hybridized carbons (Fsp3) is 0.455. The van der Waals surface area contributed by atoms with Gasteiger partial charge in [-0.3, -0.25) is 14.4 Å². The van der Waals surface area contributed by atoms with E-state index in [1.807, 2.05) is 51.3 Å². The lowest BCUT2D eigenvalue weighted by Crippen LogP contribution is -2.33. The summed E-state index contributed by atoms with van der Waals surface area (Å²) in [6.07, 6.45) is 0.240. The van der Waals surface area contributed by atoms with Crippen molar-refractivity contribution in [3.05, 3.63) is 29.1 Å². The van der Waals surface area contributed by atoms with Gasteiger partial charge in [-0.05, 0) is 45.4 Å². The van der Waals surface area contributed by atoms with E-state index in [4.69, 9.17) is 0 Å². The second-order valence-corrected chi connectivity index (χ2v) is 9.65. The number of hydrogen-bond acceptors (Lipinski definition) is 5. The van der Waals surface area contributed by atoms with Crippen molar-refractivity contribution >= 4 is 39.9 Å². The predicted octanol–water partition coefficient (Wildman–Crippen LogP) is 3.26. The lowest BCUT2D eigenvalue weighted by molar-refractivity contribution is -0.129. The van der Waals surface area contributed by atoms with Gasteiger partial charge in [0.2, 0.25) is 17.7 Å². The van der Waals surface area contributed by atoms with Gasteiger partial charge in [0, 0.05) is 42.7 Å². The number of hydrogen-bond donors (Lipinski definition) is 1. The van der Waals surface area contributed by atoms with Gasteiger partial charge in [0.05, 0.1) is 17.0 Å². The maximum Gasteiger partial charge on any atom is 0.236 e. The first kappa shape index (κ1) is 20.5. The molecule has 1 N–H and O–H groups in total. The van der Waals surface area contributed by atoms with Crippen LogP contribution in [0.2, 0.25) is 0 Å². The molecule has 0 saturated carbocycles. The zero-order valence-electron chi connectivity index (χ0n) is 17.9. The SMILES string of the molecule is CC(C)N1CC(C(=O)Nc2nc(-c3ccc4c(c3)C(C)(C)C(=O)N4C)cs2)CC1=O. The lowest BCUT2D eigenvalue weighted by Gasteiger charge is -2.20. The summed E-state index contributed by atoms with van der Waals surface area (Å²) in [7, 11) is 1.79. The van der Waals surface area contributed by atoms with Crippen LogP contribution in [0, 0.1) is 5.92 Å². The number of thiazole rings is 1. The molecule has 0 radical (unpaired) electrons. The molecule has 158 valence electrons. The molecule has 1 aromatic heterocycles. The van der Waals surface area contributed by atoms with Crippen molar-refractivity contribution in [2.75, 3.05) is 23.8 Å². The number of likely N-dealkylation sites (tertiary alicyclic amines) is 1. The topological polar surface area (TPSA) is 82.6 Å². The Morgan fingerprint density at radius 2 is 2.03 bits per heavy atom. The molecule has 1 fully saturated rings. The molecule has 1 aromatic carbocycles.